The Kier molecular flexibility index (Phi) is 5.79. The van der Waals surface area contributed by atoms with Gasteiger partial charge in [0.1, 0.15) is 5.75 Å². The molecule has 0 radical (unpaired) electrons. The lowest BCUT2D eigenvalue weighted by Crippen LogP contribution is -2.47. The van der Waals surface area contributed by atoms with Crippen molar-refractivity contribution in [2.24, 2.45) is 0 Å². The van der Waals surface area contributed by atoms with E-state index in [-0.39, 0.29) is 11.8 Å². The molecule has 1 aromatic carbocycles. The Morgan fingerprint density at radius 3 is 2.50 bits per heavy atom. The summed E-state index contributed by atoms with van der Waals surface area (Å²) in [6, 6.07) is 8.79. The van der Waals surface area contributed by atoms with Crippen LogP contribution in [0.3, 0.4) is 0 Å². The Labute approximate surface area is 131 Å². The molecule has 0 saturated carbocycles. The van der Waals surface area contributed by atoms with E-state index in [1.54, 1.807) is 24.3 Å². The Hall–Kier alpha value is -1.60. The third-order valence-corrected chi connectivity index (χ3v) is 5.66. The molecule has 7 heteroatoms. The SMILES string of the molecule is CCCS(=O)(=O)N1CCC(NC(=O)Oc2ccccc2)CC1. The van der Waals surface area contributed by atoms with Crippen molar-refractivity contribution >= 4 is 16.1 Å². The van der Waals surface area contributed by atoms with Crippen LogP contribution >= 0.6 is 0 Å². The summed E-state index contributed by atoms with van der Waals surface area (Å²) in [4.78, 5) is 11.8. The van der Waals surface area contributed by atoms with Crippen LogP contribution in [0.1, 0.15) is 26.2 Å². The first-order chi connectivity index (χ1) is 10.5. The van der Waals surface area contributed by atoms with Crippen LogP contribution in [0.2, 0.25) is 0 Å². The van der Waals surface area contributed by atoms with Crippen LogP contribution in [-0.2, 0) is 10.0 Å². The average molecular weight is 326 g/mol. The van der Waals surface area contributed by atoms with Gasteiger partial charge in [-0.3, -0.25) is 0 Å². The Morgan fingerprint density at radius 2 is 1.91 bits per heavy atom. The van der Waals surface area contributed by atoms with Gasteiger partial charge in [-0.15, -0.1) is 0 Å². The van der Waals surface area contributed by atoms with E-state index in [0.717, 1.165) is 0 Å². The van der Waals surface area contributed by atoms with Gasteiger partial charge in [0.05, 0.1) is 5.75 Å². The number of carbonyl (C=O) groups excluding carboxylic acids is 1. The number of hydrogen-bond acceptors (Lipinski definition) is 4. The van der Waals surface area contributed by atoms with E-state index in [2.05, 4.69) is 5.32 Å². The maximum absolute atomic E-state index is 12.0. The normalized spacial score (nSPS) is 17.1. The average Bonchev–Trinajstić information content (AvgIpc) is 2.48. The summed E-state index contributed by atoms with van der Waals surface area (Å²) in [6.07, 6.45) is 1.32. The largest absolute Gasteiger partial charge is 0.412 e. The lowest BCUT2D eigenvalue weighted by Gasteiger charge is -2.31. The van der Waals surface area contributed by atoms with E-state index >= 15 is 0 Å². The number of para-hydroxylation sites is 1. The van der Waals surface area contributed by atoms with Gasteiger partial charge < -0.3 is 10.1 Å². The molecule has 1 fully saturated rings. The number of nitrogens with zero attached hydrogens (tertiary/aromatic N) is 1. The summed E-state index contributed by atoms with van der Waals surface area (Å²) >= 11 is 0. The predicted molar refractivity (Wildman–Crippen MR) is 84.3 cm³/mol. The molecule has 0 spiro atoms. The minimum Gasteiger partial charge on any atom is -0.410 e. The second-order valence-corrected chi connectivity index (χ2v) is 7.42. The number of piperidine rings is 1. The van der Waals surface area contributed by atoms with Gasteiger partial charge in [0.15, 0.2) is 0 Å². The van der Waals surface area contributed by atoms with Gasteiger partial charge in [-0.25, -0.2) is 17.5 Å². The fraction of sp³-hybridized carbons (Fsp3) is 0.533. The molecule has 1 heterocycles. The molecular formula is C15H22N2O4S. The van der Waals surface area contributed by atoms with Crippen molar-refractivity contribution in [3.8, 4) is 5.75 Å². The number of benzene rings is 1. The first-order valence-electron chi connectivity index (χ1n) is 7.52. The molecule has 1 amide bonds. The Morgan fingerprint density at radius 1 is 1.27 bits per heavy atom. The molecule has 1 aromatic rings. The molecule has 22 heavy (non-hydrogen) atoms. The Bertz CT molecular complexity index is 581. The zero-order chi connectivity index (χ0) is 16.0. The predicted octanol–water partition coefficient (Wildman–Crippen LogP) is 1.98. The second-order valence-electron chi connectivity index (χ2n) is 5.34. The molecule has 1 saturated heterocycles. The highest BCUT2D eigenvalue weighted by Gasteiger charge is 2.28. The summed E-state index contributed by atoms with van der Waals surface area (Å²) in [7, 11) is -3.14. The molecular weight excluding hydrogens is 304 g/mol. The van der Waals surface area contributed by atoms with Gasteiger partial charge in [0.25, 0.3) is 0 Å². The first-order valence-corrected chi connectivity index (χ1v) is 9.13. The van der Waals surface area contributed by atoms with Crippen LogP contribution in [0.15, 0.2) is 30.3 Å². The van der Waals surface area contributed by atoms with Crippen molar-refractivity contribution in [1.82, 2.24) is 9.62 Å². The molecule has 6 nitrogen and oxygen atoms in total. The molecule has 0 bridgehead atoms. The number of amides is 1. The minimum atomic E-state index is -3.14. The molecule has 2 rings (SSSR count). The van der Waals surface area contributed by atoms with E-state index in [1.165, 1.54) is 4.31 Å². The Balaban J connectivity index is 1.79. The van der Waals surface area contributed by atoms with Crippen LogP contribution in [0.5, 0.6) is 5.75 Å². The van der Waals surface area contributed by atoms with Crippen molar-refractivity contribution in [2.45, 2.75) is 32.2 Å². The summed E-state index contributed by atoms with van der Waals surface area (Å²) in [5.41, 5.74) is 0. The van der Waals surface area contributed by atoms with Crippen LogP contribution in [0.25, 0.3) is 0 Å². The van der Waals surface area contributed by atoms with Gasteiger partial charge in [0.2, 0.25) is 10.0 Å². The van der Waals surface area contributed by atoms with Crippen LogP contribution in [0.4, 0.5) is 4.79 Å². The second kappa shape index (κ2) is 7.60. The number of carbonyl (C=O) groups is 1. The van der Waals surface area contributed by atoms with Gasteiger partial charge in [-0.2, -0.15) is 0 Å². The van der Waals surface area contributed by atoms with Gasteiger partial charge in [-0.05, 0) is 31.4 Å². The number of rotatable bonds is 5. The third-order valence-electron chi connectivity index (χ3n) is 3.59. The first kappa shape index (κ1) is 16.8. The van der Waals surface area contributed by atoms with Crippen molar-refractivity contribution in [2.75, 3.05) is 18.8 Å². The van der Waals surface area contributed by atoms with E-state index < -0.39 is 16.1 Å². The van der Waals surface area contributed by atoms with Gasteiger partial charge >= 0.3 is 6.09 Å². The molecule has 0 aromatic heterocycles. The molecule has 122 valence electrons. The van der Waals surface area contributed by atoms with E-state index in [1.807, 2.05) is 13.0 Å². The highest BCUT2D eigenvalue weighted by molar-refractivity contribution is 7.89. The number of nitrogens with one attached hydrogen (secondary N) is 1. The van der Waals surface area contributed by atoms with Crippen LogP contribution in [-0.4, -0.2) is 43.7 Å². The maximum atomic E-state index is 12.0. The highest BCUT2D eigenvalue weighted by Crippen LogP contribution is 2.16. The summed E-state index contributed by atoms with van der Waals surface area (Å²) in [5.74, 6) is 0.671. The van der Waals surface area contributed by atoms with Crippen molar-refractivity contribution in [1.29, 1.82) is 0 Å². The molecule has 1 N–H and O–H groups in total. The topological polar surface area (TPSA) is 75.7 Å². The zero-order valence-corrected chi connectivity index (χ0v) is 13.5. The lowest BCUT2D eigenvalue weighted by molar-refractivity contribution is 0.189. The highest BCUT2D eigenvalue weighted by atomic mass is 32.2. The molecule has 0 atom stereocenters. The van der Waals surface area contributed by atoms with Crippen LogP contribution < -0.4 is 10.1 Å². The summed E-state index contributed by atoms with van der Waals surface area (Å²) in [6.45, 7) is 2.74. The molecule has 1 aliphatic rings. The number of sulfonamides is 1. The standard InChI is InChI=1S/C15H22N2O4S/c1-2-12-22(19,20)17-10-8-13(9-11-17)16-15(18)21-14-6-4-3-5-7-14/h3-7,13H,2,8-12H2,1H3,(H,16,18). The van der Waals surface area contributed by atoms with Gasteiger partial charge in [-0.1, -0.05) is 25.1 Å². The minimum absolute atomic E-state index is 0.0516. The smallest absolute Gasteiger partial charge is 0.410 e. The molecule has 0 aliphatic carbocycles. The number of ether oxygens (including phenoxy) is 1. The molecule has 1 aliphatic heterocycles. The fourth-order valence-corrected chi connectivity index (χ4v) is 4.00. The fourth-order valence-electron chi connectivity index (χ4n) is 2.46. The maximum Gasteiger partial charge on any atom is 0.412 e. The van der Waals surface area contributed by atoms with E-state index in [9.17, 15) is 13.2 Å². The quantitative estimate of drug-likeness (QED) is 0.898. The van der Waals surface area contributed by atoms with Gasteiger partial charge in [0, 0.05) is 19.1 Å². The van der Waals surface area contributed by atoms with Crippen molar-refractivity contribution in [3.05, 3.63) is 30.3 Å². The third kappa shape index (κ3) is 4.71. The number of hydrogen-bond donors (Lipinski definition) is 1. The van der Waals surface area contributed by atoms with E-state index in [0.29, 0.717) is 38.1 Å². The summed E-state index contributed by atoms with van der Waals surface area (Å²) in [5, 5.41) is 2.79. The monoisotopic (exact) mass is 326 g/mol. The van der Waals surface area contributed by atoms with E-state index in [4.69, 9.17) is 4.74 Å². The zero-order valence-electron chi connectivity index (χ0n) is 12.7. The molecule has 0 unspecified atom stereocenters. The van der Waals surface area contributed by atoms with Crippen molar-refractivity contribution in [3.63, 3.8) is 0 Å². The van der Waals surface area contributed by atoms with Crippen LogP contribution in [0, 0.1) is 0 Å². The lowest BCUT2D eigenvalue weighted by atomic mass is 10.1. The van der Waals surface area contributed by atoms with Crippen molar-refractivity contribution < 1.29 is 17.9 Å². The summed E-state index contributed by atoms with van der Waals surface area (Å²) < 4.78 is 30.6.